The molecule has 0 fully saturated rings. The molecule has 0 saturated carbocycles. The minimum Gasteiger partial charge on any atom is -0.346 e. The van der Waals surface area contributed by atoms with Gasteiger partial charge in [-0.3, -0.25) is 0 Å². The number of hydrogen-bond acceptors (Lipinski definition) is 1. The van der Waals surface area contributed by atoms with Gasteiger partial charge in [0.15, 0.2) is 0 Å². The van der Waals surface area contributed by atoms with Gasteiger partial charge >= 0.3 is 0 Å². The lowest BCUT2D eigenvalue weighted by atomic mass is 10.2. The van der Waals surface area contributed by atoms with Gasteiger partial charge in [-0.2, -0.15) is 12.6 Å². The van der Waals surface area contributed by atoms with Gasteiger partial charge in [0.05, 0.1) is 0 Å². The van der Waals surface area contributed by atoms with Gasteiger partial charge in [-0.15, -0.1) is 0 Å². The number of halogens is 1. The smallest absolute Gasteiger partial charge is 0.0491 e. The number of nitrogens with zero attached hydrogens (tertiary/aromatic N) is 1. The van der Waals surface area contributed by atoms with E-state index in [-0.39, 0.29) is 0 Å². The second-order valence-corrected chi connectivity index (χ2v) is 4.10. The quantitative estimate of drug-likeness (QED) is 0.746. The summed E-state index contributed by atoms with van der Waals surface area (Å²) in [6.07, 6.45) is 0. The highest BCUT2D eigenvalue weighted by molar-refractivity contribution is 9.10. The fourth-order valence-corrected chi connectivity index (χ4v) is 2.90. The van der Waals surface area contributed by atoms with Gasteiger partial charge in [-0.1, -0.05) is 18.2 Å². The van der Waals surface area contributed by atoms with Crippen LogP contribution in [0, 0.1) is 0 Å². The summed E-state index contributed by atoms with van der Waals surface area (Å²) in [5.74, 6) is 0.756. The zero-order chi connectivity index (χ0) is 9.42. The Balaban J connectivity index is 2.88. The van der Waals surface area contributed by atoms with E-state index in [1.165, 1.54) is 21.1 Å². The van der Waals surface area contributed by atoms with E-state index in [4.69, 9.17) is 0 Å². The van der Waals surface area contributed by atoms with Crippen LogP contribution in [0.2, 0.25) is 0 Å². The first-order valence-corrected chi connectivity index (χ1v) is 5.51. The van der Waals surface area contributed by atoms with Crippen LogP contribution in [0.25, 0.3) is 10.9 Å². The second kappa shape index (κ2) is 3.39. The molecule has 3 heteroatoms. The maximum absolute atomic E-state index is 4.31. The monoisotopic (exact) mass is 255 g/mol. The molecule has 0 aliphatic rings. The lowest BCUT2D eigenvalue weighted by Crippen LogP contribution is -1.92. The van der Waals surface area contributed by atoms with Crippen LogP contribution in [0.15, 0.2) is 28.7 Å². The van der Waals surface area contributed by atoms with Crippen molar-refractivity contribution in [3.63, 3.8) is 0 Å². The van der Waals surface area contributed by atoms with Crippen LogP contribution in [-0.4, -0.2) is 4.57 Å². The Morgan fingerprint density at radius 2 is 2.08 bits per heavy atom. The molecule has 0 spiro atoms. The van der Waals surface area contributed by atoms with Gasteiger partial charge in [-0.25, -0.2) is 0 Å². The van der Waals surface area contributed by atoms with E-state index in [0.717, 1.165) is 5.75 Å². The summed E-state index contributed by atoms with van der Waals surface area (Å²) < 4.78 is 3.34. The number of fused-ring (bicyclic) bond motifs is 1. The average molecular weight is 256 g/mol. The first-order valence-electron chi connectivity index (χ1n) is 4.08. The molecule has 1 heterocycles. The second-order valence-electron chi connectivity index (χ2n) is 2.99. The summed E-state index contributed by atoms with van der Waals surface area (Å²) in [5, 5.41) is 1.26. The molecule has 13 heavy (non-hydrogen) atoms. The van der Waals surface area contributed by atoms with Crippen LogP contribution in [0.4, 0.5) is 0 Å². The largest absolute Gasteiger partial charge is 0.346 e. The predicted octanol–water partition coefficient (Wildman–Crippen LogP) is 3.37. The van der Waals surface area contributed by atoms with Crippen molar-refractivity contribution in [1.82, 2.24) is 4.57 Å². The maximum Gasteiger partial charge on any atom is 0.0491 e. The van der Waals surface area contributed by atoms with E-state index in [0.29, 0.717) is 0 Å². The average Bonchev–Trinajstić information content (AvgIpc) is 2.41. The predicted molar refractivity (Wildman–Crippen MR) is 63.3 cm³/mol. The number of thiol groups is 1. The van der Waals surface area contributed by atoms with E-state index >= 15 is 0 Å². The SMILES string of the molecule is Cn1c(CS)c(Br)c2ccccc21. The van der Waals surface area contributed by atoms with Crippen molar-refractivity contribution >= 4 is 39.5 Å². The highest BCUT2D eigenvalue weighted by Crippen LogP contribution is 2.30. The Labute approximate surface area is 91.3 Å². The lowest BCUT2D eigenvalue weighted by Gasteiger charge is -1.99. The summed E-state index contributed by atoms with van der Waals surface area (Å²) in [5.41, 5.74) is 2.47. The summed E-state index contributed by atoms with van der Waals surface area (Å²) in [6, 6.07) is 8.34. The van der Waals surface area contributed by atoms with E-state index in [1.54, 1.807) is 0 Å². The Morgan fingerprint density at radius 1 is 1.38 bits per heavy atom. The highest BCUT2D eigenvalue weighted by Gasteiger charge is 2.09. The van der Waals surface area contributed by atoms with E-state index in [2.05, 4.69) is 64.4 Å². The van der Waals surface area contributed by atoms with Crippen LogP contribution in [0.5, 0.6) is 0 Å². The normalized spacial score (nSPS) is 11.0. The molecule has 2 rings (SSSR count). The summed E-state index contributed by atoms with van der Waals surface area (Å²) in [7, 11) is 2.07. The molecule has 0 radical (unpaired) electrons. The van der Waals surface area contributed by atoms with E-state index in [1.807, 2.05) is 0 Å². The molecule has 0 saturated heterocycles. The molecule has 0 bridgehead atoms. The minimum absolute atomic E-state index is 0.756. The number of rotatable bonds is 1. The molecule has 0 atom stereocenters. The molecule has 68 valence electrons. The highest BCUT2D eigenvalue weighted by atomic mass is 79.9. The van der Waals surface area contributed by atoms with Crippen molar-refractivity contribution in [2.24, 2.45) is 7.05 Å². The van der Waals surface area contributed by atoms with Gasteiger partial charge in [0.2, 0.25) is 0 Å². The topological polar surface area (TPSA) is 4.93 Å². The molecule has 1 nitrogen and oxygen atoms in total. The van der Waals surface area contributed by atoms with Crippen LogP contribution in [-0.2, 0) is 12.8 Å². The van der Waals surface area contributed by atoms with Crippen molar-refractivity contribution in [2.75, 3.05) is 0 Å². The minimum atomic E-state index is 0.756. The fourth-order valence-electron chi connectivity index (χ4n) is 1.58. The molecule has 0 N–H and O–H groups in total. The molecular formula is C10H10BrNS. The van der Waals surface area contributed by atoms with Crippen LogP contribution in [0.3, 0.4) is 0 Å². The molecule has 0 unspecified atom stereocenters. The third kappa shape index (κ3) is 1.30. The molecule has 2 aromatic rings. The number of para-hydroxylation sites is 1. The van der Waals surface area contributed by atoms with Crippen molar-refractivity contribution in [3.8, 4) is 0 Å². The molecule has 1 aromatic carbocycles. The third-order valence-electron chi connectivity index (χ3n) is 2.31. The standard InChI is InChI=1S/C10H10BrNS/c1-12-8-5-3-2-4-7(8)10(11)9(12)6-13/h2-5,13H,6H2,1H3. The van der Waals surface area contributed by atoms with E-state index in [9.17, 15) is 0 Å². The molecular weight excluding hydrogens is 246 g/mol. The molecule has 0 amide bonds. The third-order valence-corrected chi connectivity index (χ3v) is 3.49. The number of aromatic nitrogens is 1. The number of benzene rings is 1. The van der Waals surface area contributed by atoms with Crippen molar-refractivity contribution in [1.29, 1.82) is 0 Å². The molecule has 0 aliphatic carbocycles. The Kier molecular flexibility index (Phi) is 2.39. The zero-order valence-electron chi connectivity index (χ0n) is 7.29. The maximum atomic E-state index is 4.31. The Morgan fingerprint density at radius 3 is 2.69 bits per heavy atom. The fraction of sp³-hybridized carbons (Fsp3) is 0.200. The zero-order valence-corrected chi connectivity index (χ0v) is 9.77. The molecule has 1 aromatic heterocycles. The number of hydrogen-bond donors (Lipinski definition) is 1. The Bertz CT molecular complexity index is 408. The first-order chi connectivity index (χ1) is 6.25. The lowest BCUT2D eigenvalue weighted by molar-refractivity contribution is 0.907. The summed E-state index contributed by atoms with van der Waals surface area (Å²) >= 11 is 7.90. The van der Waals surface area contributed by atoms with Crippen molar-refractivity contribution in [2.45, 2.75) is 5.75 Å². The van der Waals surface area contributed by atoms with Gasteiger partial charge in [0.1, 0.15) is 0 Å². The van der Waals surface area contributed by atoms with Crippen molar-refractivity contribution < 1.29 is 0 Å². The van der Waals surface area contributed by atoms with Gasteiger partial charge in [0.25, 0.3) is 0 Å². The van der Waals surface area contributed by atoms with Gasteiger partial charge in [-0.05, 0) is 22.0 Å². The van der Waals surface area contributed by atoms with E-state index < -0.39 is 0 Å². The summed E-state index contributed by atoms with van der Waals surface area (Å²) in [4.78, 5) is 0. The first kappa shape index (κ1) is 9.16. The van der Waals surface area contributed by atoms with Crippen LogP contribution in [0.1, 0.15) is 5.69 Å². The van der Waals surface area contributed by atoms with Crippen LogP contribution < -0.4 is 0 Å². The van der Waals surface area contributed by atoms with Gasteiger partial charge < -0.3 is 4.57 Å². The summed E-state index contributed by atoms with van der Waals surface area (Å²) in [6.45, 7) is 0. The number of aryl methyl sites for hydroxylation is 1. The van der Waals surface area contributed by atoms with Crippen LogP contribution >= 0.6 is 28.6 Å². The van der Waals surface area contributed by atoms with Gasteiger partial charge in [0, 0.05) is 33.9 Å². The molecule has 0 aliphatic heterocycles. The Hall–Kier alpha value is -0.410. The van der Waals surface area contributed by atoms with Crippen molar-refractivity contribution in [3.05, 3.63) is 34.4 Å².